The van der Waals surface area contributed by atoms with Crippen LogP contribution in [0.4, 0.5) is 0 Å². The van der Waals surface area contributed by atoms with E-state index in [1.165, 1.54) is 0 Å². The number of nitrogens with zero attached hydrogens (tertiary/aromatic N) is 1. The van der Waals surface area contributed by atoms with Crippen LogP contribution in [0.1, 0.15) is 31.4 Å². The van der Waals surface area contributed by atoms with Gasteiger partial charge in [-0.2, -0.15) is 0 Å². The largest absolute Gasteiger partial charge is 0.350 e. The standard InChI is InChI=1S/C11H17N3O/c1-9(10-4-7-13-8-5-10)14-11(15)3-2-6-12/h4-5,7-9H,2-3,6,12H2,1H3,(H,14,15)/t9-/m1/s1. The highest BCUT2D eigenvalue weighted by Crippen LogP contribution is 2.10. The van der Waals surface area contributed by atoms with Gasteiger partial charge in [-0.25, -0.2) is 0 Å². The van der Waals surface area contributed by atoms with Gasteiger partial charge in [0.15, 0.2) is 0 Å². The summed E-state index contributed by atoms with van der Waals surface area (Å²) in [5, 5.41) is 2.91. The average Bonchev–Trinajstić information content (AvgIpc) is 2.27. The van der Waals surface area contributed by atoms with Gasteiger partial charge in [0, 0.05) is 18.8 Å². The van der Waals surface area contributed by atoms with Gasteiger partial charge in [-0.15, -0.1) is 0 Å². The van der Waals surface area contributed by atoms with Crippen LogP contribution in [0.5, 0.6) is 0 Å². The summed E-state index contributed by atoms with van der Waals surface area (Å²) in [6.45, 7) is 2.51. The molecule has 0 saturated carbocycles. The summed E-state index contributed by atoms with van der Waals surface area (Å²) in [6.07, 6.45) is 4.66. The minimum absolute atomic E-state index is 0.0262. The third kappa shape index (κ3) is 4.08. The molecule has 0 fully saturated rings. The van der Waals surface area contributed by atoms with Gasteiger partial charge in [0.25, 0.3) is 0 Å². The first-order valence-corrected chi connectivity index (χ1v) is 5.13. The number of hydrogen-bond donors (Lipinski definition) is 2. The van der Waals surface area contributed by atoms with Gasteiger partial charge in [-0.3, -0.25) is 9.78 Å². The van der Waals surface area contributed by atoms with Crippen molar-refractivity contribution in [3.63, 3.8) is 0 Å². The summed E-state index contributed by atoms with van der Waals surface area (Å²) in [5.74, 6) is 0.0461. The summed E-state index contributed by atoms with van der Waals surface area (Å²) in [4.78, 5) is 15.3. The van der Waals surface area contributed by atoms with Gasteiger partial charge in [-0.1, -0.05) is 0 Å². The Hall–Kier alpha value is -1.42. The summed E-state index contributed by atoms with van der Waals surface area (Å²) in [6, 6.07) is 3.82. The van der Waals surface area contributed by atoms with Gasteiger partial charge in [0.2, 0.25) is 5.91 Å². The highest BCUT2D eigenvalue weighted by Gasteiger charge is 2.08. The molecule has 0 unspecified atom stereocenters. The van der Waals surface area contributed by atoms with E-state index in [1.807, 2.05) is 19.1 Å². The molecule has 1 aromatic rings. The maximum Gasteiger partial charge on any atom is 0.220 e. The highest BCUT2D eigenvalue weighted by molar-refractivity contribution is 5.76. The second kappa shape index (κ2) is 6.14. The van der Waals surface area contributed by atoms with Crippen LogP contribution in [-0.2, 0) is 4.79 Å². The number of carbonyl (C=O) groups excluding carboxylic acids is 1. The topological polar surface area (TPSA) is 68.0 Å². The van der Waals surface area contributed by atoms with Crippen LogP contribution in [0.3, 0.4) is 0 Å². The van der Waals surface area contributed by atoms with E-state index in [1.54, 1.807) is 12.4 Å². The minimum atomic E-state index is 0.0262. The predicted molar refractivity (Wildman–Crippen MR) is 59.1 cm³/mol. The molecule has 3 N–H and O–H groups in total. The first-order chi connectivity index (χ1) is 7.24. The highest BCUT2D eigenvalue weighted by atomic mass is 16.1. The second-order valence-electron chi connectivity index (χ2n) is 3.46. The smallest absolute Gasteiger partial charge is 0.220 e. The number of nitrogens with one attached hydrogen (secondary N) is 1. The average molecular weight is 207 g/mol. The zero-order valence-electron chi connectivity index (χ0n) is 8.94. The van der Waals surface area contributed by atoms with E-state index in [-0.39, 0.29) is 11.9 Å². The lowest BCUT2D eigenvalue weighted by atomic mass is 10.1. The van der Waals surface area contributed by atoms with Crippen LogP contribution in [-0.4, -0.2) is 17.4 Å². The first-order valence-electron chi connectivity index (χ1n) is 5.13. The van der Waals surface area contributed by atoms with Crippen molar-refractivity contribution >= 4 is 5.91 Å². The van der Waals surface area contributed by atoms with E-state index >= 15 is 0 Å². The molecule has 0 bridgehead atoms. The molecule has 82 valence electrons. The van der Waals surface area contributed by atoms with Crippen LogP contribution >= 0.6 is 0 Å². The number of aromatic nitrogens is 1. The van der Waals surface area contributed by atoms with E-state index < -0.39 is 0 Å². The van der Waals surface area contributed by atoms with E-state index in [0.717, 1.165) is 12.0 Å². The van der Waals surface area contributed by atoms with Gasteiger partial charge in [0.1, 0.15) is 0 Å². The van der Waals surface area contributed by atoms with E-state index in [0.29, 0.717) is 13.0 Å². The zero-order chi connectivity index (χ0) is 11.1. The molecule has 4 nitrogen and oxygen atoms in total. The number of rotatable bonds is 5. The summed E-state index contributed by atoms with van der Waals surface area (Å²) in [5.41, 5.74) is 6.39. The number of hydrogen-bond acceptors (Lipinski definition) is 3. The Bertz CT molecular complexity index is 300. The van der Waals surface area contributed by atoms with Gasteiger partial charge in [0.05, 0.1) is 6.04 Å². The van der Waals surface area contributed by atoms with Crippen LogP contribution in [0.25, 0.3) is 0 Å². The number of amides is 1. The molecule has 0 aliphatic rings. The molecule has 15 heavy (non-hydrogen) atoms. The van der Waals surface area contributed by atoms with E-state index in [4.69, 9.17) is 5.73 Å². The van der Waals surface area contributed by atoms with Crippen LogP contribution < -0.4 is 11.1 Å². The Morgan fingerprint density at radius 2 is 2.20 bits per heavy atom. The fourth-order valence-electron chi connectivity index (χ4n) is 1.31. The summed E-state index contributed by atoms with van der Waals surface area (Å²) >= 11 is 0. The Balaban J connectivity index is 2.42. The maximum absolute atomic E-state index is 11.4. The monoisotopic (exact) mass is 207 g/mol. The van der Waals surface area contributed by atoms with Crippen molar-refractivity contribution in [1.29, 1.82) is 0 Å². The lowest BCUT2D eigenvalue weighted by Gasteiger charge is -2.13. The van der Waals surface area contributed by atoms with Crippen molar-refractivity contribution in [2.24, 2.45) is 5.73 Å². The maximum atomic E-state index is 11.4. The third-order valence-corrected chi connectivity index (χ3v) is 2.19. The molecule has 1 aromatic heterocycles. The van der Waals surface area contributed by atoms with Crippen LogP contribution in [0.15, 0.2) is 24.5 Å². The molecule has 0 spiro atoms. The Kier molecular flexibility index (Phi) is 4.77. The van der Waals surface area contributed by atoms with Crippen molar-refractivity contribution in [3.8, 4) is 0 Å². The number of carbonyl (C=O) groups is 1. The first kappa shape index (κ1) is 11.7. The predicted octanol–water partition coefficient (Wildman–Crippen LogP) is 0.998. The SMILES string of the molecule is C[C@@H](NC(=O)CCCN)c1ccncc1. The summed E-state index contributed by atoms with van der Waals surface area (Å²) < 4.78 is 0. The van der Waals surface area contributed by atoms with Gasteiger partial charge >= 0.3 is 0 Å². The van der Waals surface area contributed by atoms with Gasteiger partial charge in [-0.05, 0) is 37.6 Å². The van der Waals surface area contributed by atoms with Crippen LogP contribution in [0, 0.1) is 0 Å². The molecule has 1 atom stereocenters. The van der Waals surface area contributed by atoms with Crippen LogP contribution in [0.2, 0.25) is 0 Å². The normalized spacial score (nSPS) is 12.1. The number of nitrogens with two attached hydrogens (primary N) is 1. The second-order valence-corrected chi connectivity index (χ2v) is 3.46. The lowest BCUT2D eigenvalue weighted by molar-refractivity contribution is -0.121. The van der Waals surface area contributed by atoms with Crippen molar-refractivity contribution < 1.29 is 4.79 Å². The van der Waals surface area contributed by atoms with E-state index in [9.17, 15) is 4.79 Å². The molecule has 0 aromatic carbocycles. The minimum Gasteiger partial charge on any atom is -0.350 e. The van der Waals surface area contributed by atoms with E-state index in [2.05, 4.69) is 10.3 Å². The molecule has 0 saturated heterocycles. The fourth-order valence-corrected chi connectivity index (χ4v) is 1.31. The molecule has 1 amide bonds. The fraction of sp³-hybridized carbons (Fsp3) is 0.455. The molecule has 0 aliphatic heterocycles. The number of pyridine rings is 1. The molecule has 0 aliphatic carbocycles. The summed E-state index contributed by atoms with van der Waals surface area (Å²) in [7, 11) is 0. The van der Waals surface area contributed by atoms with Crippen molar-refractivity contribution in [2.75, 3.05) is 6.54 Å². The molecular weight excluding hydrogens is 190 g/mol. The Morgan fingerprint density at radius 3 is 2.80 bits per heavy atom. The third-order valence-electron chi connectivity index (χ3n) is 2.19. The molecule has 1 heterocycles. The van der Waals surface area contributed by atoms with Crippen molar-refractivity contribution in [1.82, 2.24) is 10.3 Å². The molecule has 0 radical (unpaired) electrons. The van der Waals surface area contributed by atoms with Crippen molar-refractivity contribution in [2.45, 2.75) is 25.8 Å². The molecule has 1 rings (SSSR count). The molecular formula is C11H17N3O. The van der Waals surface area contributed by atoms with Gasteiger partial charge < -0.3 is 11.1 Å². The quantitative estimate of drug-likeness (QED) is 0.756. The Labute approximate surface area is 89.9 Å². The molecule has 4 heteroatoms. The Morgan fingerprint density at radius 1 is 1.53 bits per heavy atom. The zero-order valence-corrected chi connectivity index (χ0v) is 8.94. The lowest BCUT2D eigenvalue weighted by Crippen LogP contribution is -2.26. The van der Waals surface area contributed by atoms with Crippen molar-refractivity contribution in [3.05, 3.63) is 30.1 Å².